The Morgan fingerprint density at radius 3 is 2.37 bits per heavy atom. The Morgan fingerprint density at radius 1 is 1.32 bits per heavy atom. The van der Waals surface area contributed by atoms with Gasteiger partial charge in [-0.25, -0.2) is 0 Å². The number of nitrogens with zero attached hydrogens (tertiary/aromatic N) is 2. The maximum atomic E-state index is 13.6. The zero-order chi connectivity index (χ0) is 14.6. The highest BCUT2D eigenvalue weighted by Gasteiger charge is 2.16. The van der Waals surface area contributed by atoms with Crippen molar-refractivity contribution in [3.05, 3.63) is 39.7 Å². The fourth-order valence-electron chi connectivity index (χ4n) is 1.96. The molecule has 0 saturated heterocycles. The summed E-state index contributed by atoms with van der Waals surface area (Å²) in [5.74, 6) is -0.249. The lowest BCUT2D eigenvalue weighted by Crippen LogP contribution is -2.33. The summed E-state index contributed by atoms with van der Waals surface area (Å²) in [4.78, 5) is 12.1. The molecule has 0 radical (unpaired) electrons. The molecule has 1 aromatic carbocycles. The molecule has 5 heteroatoms. The molecule has 0 bridgehead atoms. The molecule has 0 spiro atoms. The Hall–Kier alpha value is -1.49. The molecule has 4 nitrogen and oxygen atoms in total. The first-order valence-electron chi connectivity index (χ1n) is 6.48. The van der Waals surface area contributed by atoms with Crippen LogP contribution >= 0.6 is 0 Å². The van der Waals surface area contributed by atoms with Crippen molar-refractivity contribution in [1.82, 2.24) is 4.90 Å². The van der Waals surface area contributed by atoms with Gasteiger partial charge in [0.05, 0.1) is 4.92 Å². The van der Waals surface area contributed by atoms with E-state index in [1.165, 1.54) is 12.1 Å². The standard InChI is InChI=1S/C14H21FN2O2/c1-10(2)8-16(11(3)4)9-12-5-6-14(17(18)19)13(15)7-12/h5-7,10-11H,8-9H2,1-4H3. The largest absolute Gasteiger partial charge is 0.304 e. The average molecular weight is 268 g/mol. The van der Waals surface area contributed by atoms with Crippen molar-refractivity contribution < 1.29 is 9.31 Å². The van der Waals surface area contributed by atoms with E-state index >= 15 is 0 Å². The summed E-state index contributed by atoms with van der Waals surface area (Å²) in [7, 11) is 0. The van der Waals surface area contributed by atoms with Gasteiger partial charge in [0.15, 0.2) is 0 Å². The number of nitro groups is 1. The molecule has 0 amide bonds. The van der Waals surface area contributed by atoms with E-state index in [2.05, 4.69) is 32.6 Å². The summed E-state index contributed by atoms with van der Waals surface area (Å²) < 4.78 is 13.6. The van der Waals surface area contributed by atoms with Crippen LogP contribution in [0.25, 0.3) is 0 Å². The van der Waals surface area contributed by atoms with Crippen LogP contribution in [0.4, 0.5) is 10.1 Å². The van der Waals surface area contributed by atoms with Crippen LogP contribution in [0.3, 0.4) is 0 Å². The van der Waals surface area contributed by atoms with Crippen LogP contribution in [0, 0.1) is 21.8 Å². The molecule has 0 fully saturated rings. The summed E-state index contributed by atoms with van der Waals surface area (Å²) in [6.07, 6.45) is 0. The van der Waals surface area contributed by atoms with E-state index in [1.807, 2.05) is 0 Å². The second kappa shape index (κ2) is 6.61. The second-order valence-electron chi connectivity index (χ2n) is 5.46. The van der Waals surface area contributed by atoms with Crippen molar-refractivity contribution in [2.24, 2.45) is 5.92 Å². The lowest BCUT2D eigenvalue weighted by molar-refractivity contribution is -0.387. The van der Waals surface area contributed by atoms with Crippen LogP contribution in [0.15, 0.2) is 18.2 Å². The van der Waals surface area contributed by atoms with Crippen LogP contribution in [-0.2, 0) is 6.54 Å². The van der Waals surface area contributed by atoms with Crippen LogP contribution in [0.1, 0.15) is 33.3 Å². The molecule has 0 aliphatic carbocycles. The maximum Gasteiger partial charge on any atom is 0.304 e. The zero-order valence-electron chi connectivity index (χ0n) is 11.9. The molecule has 0 aliphatic heterocycles. The number of hydrogen-bond acceptors (Lipinski definition) is 3. The van der Waals surface area contributed by atoms with Gasteiger partial charge in [0, 0.05) is 25.2 Å². The van der Waals surface area contributed by atoms with Crippen LogP contribution in [0.5, 0.6) is 0 Å². The maximum absolute atomic E-state index is 13.6. The minimum Gasteiger partial charge on any atom is -0.296 e. The van der Waals surface area contributed by atoms with E-state index in [0.29, 0.717) is 18.5 Å². The molecule has 0 heterocycles. The third-order valence-electron chi connectivity index (χ3n) is 2.92. The molecule has 106 valence electrons. The zero-order valence-corrected chi connectivity index (χ0v) is 11.9. The summed E-state index contributed by atoms with van der Waals surface area (Å²) in [5, 5.41) is 10.6. The van der Waals surface area contributed by atoms with Gasteiger partial charge < -0.3 is 0 Å². The van der Waals surface area contributed by atoms with Crippen LogP contribution < -0.4 is 0 Å². The Bertz CT molecular complexity index is 447. The highest BCUT2D eigenvalue weighted by atomic mass is 19.1. The lowest BCUT2D eigenvalue weighted by atomic mass is 10.1. The molecule has 0 unspecified atom stereocenters. The molecule has 1 aromatic rings. The van der Waals surface area contributed by atoms with Gasteiger partial charge >= 0.3 is 5.69 Å². The molecule has 0 atom stereocenters. The number of halogens is 1. The van der Waals surface area contributed by atoms with E-state index in [-0.39, 0.29) is 0 Å². The summed E-state index contributed by atoms with van der Waals surface area (Å²) in [6, 6.07) is 4.46. The monoisotopic (exact) mass is 268 g/mol. The van der Waals surface area contributed by atoms with Crippen molar-refractivity contribution in [3.63, 3.8) is 0 Å². The summed E-state index contributed by atoms with van der Waals surface area (Å²) in [5.41, 5.74) is 0.293. The van der Waals surface area contributed by atoms with E-state index in [0.717, 1.165) is 12.1 Å². The Morgan fingerprint density at radius 2 is 1.95 bits per heavy atom. The Kier molecular flexibility index (Phi) is 5.42. The fourth-order valence-corrected chi connectivity index (χ4v) is 1.96. The number of nitro benzene ring substituents is 1. The summed E-state index contributed by atoms with van der Waals surface area (Å²) in [6.45, 7) is 9.95. The number of benzene rings is 1. The van der Waals surface area contributed by atoms with Gasteiger partial charge in [-0.3, -0.25) is 15.0 Å². The summed E-state index contributed by atoms with van der Waals surface area (Å²) >= 11 is 0. The molecule has 19 heavy (non-hydrogen) atoms. The minimum absolute atomic E-state index is 0.348. The molecule has 0 aliphatic rings. The molecule has 0 N–H and O–H groups in total. The highest BCUT2D eigenvalue weighted by molar-refractivity contribution is 5.34. The van der Waals surface area contributed by atoms with Gasteiger partial charge in [0.1, 0.15) is 0 Å². The van der Waals surface area contributed by atoms with Gasteiger partial charge in [0.2, 0.25) is 5.82 Å². The number of rotatable bonds is 6. The topological polar surface area (TPSA) is 46.4 Å². The van der Waals surface area contributed by atoms with Crippen LogP contribution in [-0.4, -0.2) is 22.4 Å². The van der Waals surface area contributed by atoms with Gasteiger partial charge in [0.25, 0.3) is 0 Å². The smallest absolute Gasteiger partial charge is 0.296 e. The van der Waals surface area contributed by atoms with E-state index in [1.54, 1.807) is 6.07 Å². The molecular formula is C14H21FN2O2. The molecule has 0 aromatic heterocycles. The van der Waals surface area contributed by atoms with E-state index < -0.39 is 16.4 Å². The van der Waals surface area contributed by atoms with Crippen molar-refractivity contribution in [3.8, 4) is 0 Å². The van der Waals surface area contributed by atoms with Gasteiger partial charge in [-0.15, -0.1) is 0 Å². The fraction of sp³-hybridized carbons (Fsp3) is 0.571. The average Bonchev–Trinajstić information content (AvgIpc) is 2.26. The predicted octanol–water partition coefficient (Wildman–Crippen LogP) is 3.60. The van der Waals surface area contributed by atoms with Gasteiger partial charge in [-0.1, -0.05) is 19.9 Å². The van der Waals surface area contributed by atoms with Crippen LogP contribution in [0.2, 0.25) is 0 Å². The number of hydrogen-bond donors (Lipinski definition) is 0. The quantitative estimate of drug-likeness (QED) is 0.585. The Balaban J connectivity index is 2.85. The van der Waals surface area contributed by atoms with Crippen molar-refractivity contribution in [1.29, 1.82) is 0 Å². The van der Waals surface area contributed by atoms with E-state index in [4.69, 9.17) is 0 Å². The molecule has 1 rings (SSSR count). The molecule has 0 saturated carbocycles. The first-order chi connectivity index (χ1) is 8.81. The van der Waals surface area contributed by atoms with Crippen molar-refractivity contribution >= 4 is 5.69 Å². The Labute approximate surface area is 113 Å². The third kappa shape index (κ3) is 4.59. The third-order valence-corrected chi connectivity index (χ3v) is 2.92. The molecular weight excluding hydrogens is 247 g/mol. The minimum atomic E-state index is -0.768. The van der Waals surface area contributed by atoms with E-state index in [9.17, 15) is 14.5 Å². The van der Waals surface area contributed by atoms with Crippen molar-refractivity contribution in [2.75, 3.05) is 6.54 Å². The van der Waals surface area contributed by atoms with Gasteiger partial charge in [-0.2, -0.15) is 4.39 Å². The second-order valence-corrected chi connectivity index (χ2v) is 5.46. The first-order valence-corrected chi connectivity index (χ1v) is 6.48. The lowest BCUT2D eigenvalue weighted by Gasteiger charge is -2.28. The first kappa shape index (κ1) is 15.6. The highest BCUT2D eigenvalue weighted by Crippen LogP contribution is 2.20. The van der Waals surface area contributed by atoms with Gasteiger partial charge in [-0.05, 0) is 31.4 Å². The van der Waals surface area contributed by atoms with Crippen molar-refractivity contribution in [2.45, 2.75) is 40.3 Å². The normalized spacial score (nSPS) is 11.6. The SMILES string of the molecule is CC(C)CN(Cc1ccc([N+](=O)[O-])c(F)c1)C(C)C. The predicted molar refractivity (Wildman–Crippen MR) is 73.4 cm³/mol.